The minimum atomic E-state index is -0.370. The van der Waals surface area contributed by atoms with E-state index in [4.69, 9.17) is 4.74 Å². The number of para-hydroxylation sites is 1. The number of nitrogens with one attached hydrogen (secondary N) is 1. The van der Waals surface area contributed by atoms with Gasteiger partial charge in [-0.05, 0) is 61.5 Å². The standard InChI is InChI=1S/C33H39N5O4/c1-22-17-38(23(2)21-39)33(41)28-16-26(35-32(40)15-25-19-37(4)29-8-6-5-7-27(25)29)9-10-30(28)42-31(22)20-36(3)18-24-11-13-34-14-12-24/h5-14,16,19,22-23,31,39H,15,17-18,20-21H2,1-4H3,(H,35,40)/t22-,23-,31-/m1/s1. The first-order valence-electron chi connectivity index (χ1n) is 14.4. The molecule has 42 heavy (non-hydrogen) atoms. The van der Waals surface area contributed by atoms with Crippen LogP contribution < -0.4 is 10.1 Å². The molecule has 0 saturated heterocycles. The van der Waals surface area contributed by atoms with E-state index in [1.54, 1.807) is 35.5 Å². The van der Waals surface area contributed by atoms with Crippen LogP contribution in [0.5, 0.6) is 5.75 Å². The van der Waals surface area contributed by atoms with Gasteiger partial charge in [-0.2, -0.15) is 0 Å². The molecular formula is C33H39N5O4. The van der Waals surface area contributed by atoms with Crippen molar-refractivity contribution >= 4 is 28.4 Å². The molecule has 0 bridgehead atoms. The van der Waals surface area contributed by atoms with Crippen LogP contribution in [0.2, 0.25) is 0 Å². The molecule has 2 aromatic heterocycles. The number of carbonyl (C=O) groups excluding carboxylic acids is 2. The maximum Gasteiger partial charge on any atom is 0.258 e. The van der Waals surface area contributed by atoms with Crippen LogP contribution in [0.25, 0.3) is 10.9 Å². The molecule has 0 saturated carbocycles. The van der Waals surface area contributed by atoms with Gasteiger partial charge in [-0.3, -0.25) is 19.5 Å². The number of carbonyl (C=O) groups is 2. The number of nitrogens with zero attached hydrogens (tertiary/aromatic N) is 4. The highest BCUT2D eigenvalue weighted by Crippen LogP contribution is 2.31. The Balaban J connectivity index is 1.37. The molecule has 220 valence electrons. The van der Waals surface area contributed by atoms with Gasteiger partial charge in [0.2, 0.25) is 5.91 Å². The first-order valence-corrected chi connectivity index (χ1v) is 14.4. The fraction of sp³-hybridized carbons (Fsp3) is 0.364. The van der Waals surface area contributed by atoms with Crippen LogP contribution in [0.1, 0.15) is 35.3 Å². The van der Waals surface area contributed by atoms with E-state index in [0.29, 0.717) is 30.1 Å². The van der Waals surface area contributed by atoms with Gasteiger partial charge in [0.05, 0.1) is 24.6 Å². The summed E-state index contributed by atoms with van der Waals surface area (Å²) >= 11 is 0. The molecule has 2 aromatic carbocycles. The molecule has 1 aliphatic heterocycles. The molecule has 0 radical (unpaired) electrons. The van der Waals surface area contributed by atoms with Crippen LogP contribution in [-0.4, -0.2) is 75.2 Å². The van der Waals surface area contributed by atoms with Crippen LogP contribution >= 0.6 is 0 Å². The van der Waals surface area contributed by atoms with Crippen molar-refractivity contribution in [1.29, 1.82) is 0 Å². The third-order valence-corrected chi connectivity index (χ3v) is 7.97. The number of aliphatic hydroxyl groups is 1. The van der Waals surface area contributed by atoms with Crippen molar-refractivity contribution in [3.05, 3.63) is 89.9 Å². The van der Waals surface area contributed by atoms with Gasteiger partial charge in [0, 0.05) is 67.8 Å². The number of hydrogen-bond acceptors (Lipinski definition) is 6. The quantitative estimate of drug-likeness (QED) is 0.315. The topological polar surface area (TPSA) is 99.9 Å². The monoisotopic (exact) mass is 569 g/mol. The number of ether oxygens (including phenoxy) is 1. The second kappa shape index (κ2) is 12.8. The van der Waals surface area contributed by atoms with Gasteiger partial charge in [0.25, 0.3) is 5.91 Å². The fourth-order valence-corrected chi connectivity index (χ4v) is 5.63. The summed E-state index contributed by atoms with van der Waals surface area (Å²) in [5, 5.41) is 14.0. The largest absolute Gasteiger partial charge is 0.488 e. The predicted molar refractivity (Wildman–Crippen MR) is 163 cm³/mol. The van der Waals surface area contributed by atoms with E-state index in [1.807, 2.05) is 68.2 Å². The molecule has 9 nitrogen and oxygen atoms in total. The van der Waals surface area contributed by atoms with E-state index in [1.165, 1.54) is 0 Å². The minimum absolute atomic E-state index is 0.0102. The number of anilines is 1. The summed E-state index contributed by atoms with van der Waals surface area (Å²) in [5.41, 5.74) is 4.05. The maximum absolute atomic E-state index is 13.8. The van der Waals surface area contributed by atoms with Crippen molar-refractivity contribution in [2.24, 2.45) is 13.0 Å². The van der Waals surface area contributed by atoms with E-state index in [0.717, 1.165) is 28.6 Å². The number of pyridine rings is 1. The SMILES string of the molecule is C[C@@H]1CN([C@H](C)CO)C(=O)c2cc(NC(=O)Cc3cn(C)c4ccccc34)ccc2O[C@@H]1CN(C)Cc1ccncc1. The Labute approximate surface area is 246 Å². The molecule has 2 amide bonds. The molecule has 0 unspecified atom stereocenters. The number of aromatic nitrogens is 2. The van der Waals surface area contributed by atoms with Gasteiger partial charge >= 0.3 is 0 Å². The summed E-state index contributed by atoms with van der Waals surface area (Å²) in [4.78, 5) is 34.9. The summed E-state index contributed by atoms with van der Waals surface area (Å²) in [7, 11) is 4.01. The third-order valence-electron chi connectivity index (χ3n) is 7.97. The molecule has 0 fully saturated rings. The lowest BCUT2D eigenvalue weighted by Gasteiger charge is -2.38. The van der Waals surface area contributed by atoms with Crippen molar-refractivity contribution in [2.75, 3.05) is 32.1 Å². The second-order valence-corrected chi connectivity index (χ2v) is 11.4. The Morgan fingerprint density at radius 1 is 1.19 bits per heavy atom. The first kappa shape index (κ1) is 29.3. The normalized spacial score (nSPS) is 17.9. The Morgan fingerprint density at radius 3 is 2.71 bits per heavy atom. The van der Waals surface area contributed by atoms with Gasteiger partial charge in [0.1, 0.15) is 11.9 Å². The molecule has 3 heterocycles. The number of likely N-dealkylation sites (N-methyl/N-ethyl adjacent to an activating group) is 1. The van der Waals surface area contributed by atoms with Crippen molar-refractivity contribution in [3.63, 3.8) is 0 Å². The van der Waals surface area contributed by atoms with Gasteiger partial charge in [-0.15, -0.1) is 0 Å². The Kier molecular flexibility index (Phi) is 8.89. The summed E-state index contributed by atoms with van der Waals surface area (Å²) in [5.74, 6) is 0.0783. The van der Waals surface area contributed by atoms with Crippen molar-refractivity contribution < 1.29 is 19.4 Å². The van der Waals surface area contributed by atoms with Gasteiger partial charge in [-0.25, -0.2) is 0 Å². The lowest BCUT2D eigenvalue weighted by atomic mass is 9.99. The Morgan fingerprint density at radius 2 is 1.95 bits per heavy atom. The number of benzene rings is 2. The maximum atomic E-state index is 13.8. The Hall–Kier alpha value is -4.21. The van der Waals surface area contributed by atoms with E-state index in [9.17, 15) is 14.7 Å². The molecule has 4 aromatic rings. The van der Waals surface area contributed by atoms with E-state index in [2.05, 4.69) is 22.1 Å². The van der Waals surface area contributed by atoms with Gasteiger partial charge in [-0.1, -0.05) is 25.1 Å². The molecular weight excluding hydrogens is 530 g/mol. The van der Waals surface area contributed by atoms with Crippen LogP contribution in [0.4, 0.5) is 5.69 Å². The second-order valence-electron chi connectivity index (χ2n) is 11.4. The summed E-state index contributed by atoms with van der Waals surface area (Å²) in [6.07, 6.45) is 5.55. The highest BCUT2D eigenvalue weighted by atomic mass is 16.5. The zero-order valence-electron chi connectivity index (χ0n) is 24.7. The zero-order chi connectivity index (χ0) is 29.8. The number of fused-ring (bicyclic) bond motifs is 2. The number of rotatable bonds is 9. The lowest BCUT2D eigenvalue weighted by molar-refractivity contribution is -0.115. The average Bonchev–Trinajstić information content (AvgIpc) is 3.29. The molecule has 1 aliphatic rings. The van der Waals surface area contributed by atoms with Gasteiger partial charge < -0.3 is 24.6 Å². The number of hydrogen-bond donors (Lipinski definition) is 2. The summed E-state index contributed by atoms with van der Waals surface area (Å²) < 4.78 is 8.53. The first-order chi connectivity index (χ1) is 20.2. The highest BCUT2D eigenvalue weighted by molar-refractivity contribution is 6.00. The predicted octanol–water partition coefficient (Wildman–Crippen LogP) is 4.11. The van der Waals surface area contributed by atoms with E-state index in [-0.39, 0.29) is 42.9 Å². The highest BCUT2D eigenvalue weighted by Gasteiger charge is 2.33. The van der Waals surface area contributed by atoms with Crippen LogP contribution in [0.15, 0.2) is 73.2 Å². The molecule has 2 N–H and O–H groups in total. The summed E-state index contributed by atoms with van der Waals surface area (Å²) in [6.45, 7) is 5.57. The van der Waals surface area contributed by atoms with Crippen molar-refractivity contribution in [1.82, 2.24) is 19.4 Å². The van der Waals surface area contributed by atoms with Crippen molar-refractivity contribution in [3.8, 4) is 5.75 Å². The van der Waals surface area contributed by atoms with Gasteiger partial charge in [0.15, 0.2) is 0 Å². The molecule has 0 spiro atoms. The minimum Gasteiger partial charge on any atom is -0.488 e. The Bertz CT molecular complexity index is 1550. The zero-order valence-corrected chi connectivity index (χ0v) is 24.7. The van der Waals surface area contributed by atoms with E-state index < -0.39 is 0 Å². The number of aliphatic hydroxyl groups excluding tert-OH is 1. The molecule has 0 aliphatic carbocycles. The lowest BCUT2D eigenvalue weighted by Crippen LogP contribution is -2.49. The fourth-order valence-electron chi connectivity index (χ4n) is 5.63. The molecule has 3 atom stereocenters. The number of amides is 2. The third kappa shape index (κ3) is 6.48. The van der Waals surface area contributed by atoms with Crippen LogP contribution in [0, 0.1) is 5.92 Å². The van der Waals surface area contributed by atoms with Crippen LogP contribution in [-0.2, 0) is 24.8 Å². The van der Waals surface area contributed by atoms with Crippen LogP contribution in [0.3, 0.4) is 0 Å². The summed E-state index contributed by atoms with van der Waals surface area (Å²) in [6, 6.07) is 16.8. The smallest absolute Gasteiger partial charge is 0.258 e. The molecule has 5 rings (SSSR count). The number of aryl methyl sites for hydroxylation is 1. The van der Waals surface area contributed by atoms with Crippen molar-refractivity contribution in [2.45, 2.75) is 39.0 Å². The van der Waals surface area contributed by atoms with E-state index >= 15 is 0 Å². The average molecular weight is 570 g/mol. The molecule has 9 heteroatoms.